The van der Waals surface area contributed by atoms with Crippen molar-refractivity contribution in [2.24, 2.45) is 11.8 Å². The van der Waals surface area contributed by atoms with Gasteiger partial charge in [-0.3, -0.25) is 4.90 Å². The molecule has 1 aliphatic rings. The second-order valence-electron chi connectivity index (χ2n) is 4.98. The Morgan fingerprint density at radius 3 is 2.07 bits per heavy atom. The summed E-state index contributed by atoms with van der Waals surface area (Å²) in [5, 5.41) is 0. The average molecular weight is 195 g/mol. The topological polar surface area (TPSA) is 3.24 Å². The lowest BCUT2D eigenvalue weighted by atomic mass is 9.86. The predicted octanol–water partition coefficient (Wildman–Crippen LogP) is 3.32. The largest absolute Gasteiger partial charge is 0.299 e. The summed E-state index contributed by atoms with van der Waals surface area (Å²) in [6.45, 7) is 15.3. The van der Waals surface area contributed by atoms with E-state index in [1.165, 1.54) is 26.1 Å². The molecule has 1 nitrogen and oxygen atoms in total. The molecule has 1 rings (SSSR count). The summed E-state index contributed by atoms with van der Waals surface area (Å²) in [7, 11) is 0. The van der Waals surface area contributed by atoms with E-state index in [9.17, 15) is 0 Å². The van der Waals surface area contributed by atoms with Crippen LogP contribution in [0.3, 0.4) is 0 Å². The Hall–Kier alpha value is -0.300. The standard InChI is InChI=1S/C13H25N/c1-6-14-8-7-12(10(2)3)13(9-14)11(4)5/h10-11H,6-9H2,1-5H3. The second-order valence-corrected chi connectivity index (χ2v) is 4.98. The Balaban J connectivity index is 2.84. The number of hydrogen-bond donors (Lipinski definition) is 0. The summed E-state index contributed by atoms with van der Waals surface area (Å²) in [6.07, 6.45) is 1.29. The fraction of sp³-hybridized carbons (Fsp3) is 0.846. The molecule has 0 radical (unpaired) electrons. The van der Waals surface area contributed by atoms with Crippen molar-refractivity contribution in [2.45, 2.75) is 41.0 Å². The van der Waals surface area contributed by atoms with Crippen molar-refractivity contribution in [2.75, 3.05) is 19.6 Å². The zero-order chi connectivity index (χ0) is 10.7. The summed E-state index contributed by atoms with van der Waals surface area (Å²) in [4.78, 5) is 2.56. The molecule has 0 amide bonds. The number of hydrogen-bond acceptors (Lipinski definition) is 1. The summed E-state index contributed by atoms with van der Waals surface area (Å²) in [5.74, 6) is 1.47. The van der Waals surface area contributed by atoms with E-state index in [1.54, 1.807) is 11.1 Å². The molecule has 0 atom stereocenters. The van der Waals surface area contributed by atoms with Crippen molar-refractivity contribution in [3.8, 4) is 0 Å². The van der Waals surface area contributed by atoms with E-state index < -0.39 is 0 Å². The molecule has 14 heavy (non-hydrogen) atoms. The molecular weight excluding hydrogens is 170 g/mol. The lowest BCUT2D eigenvalue weighted by molar-refractivity contribution is 0.283. The fourth-order valence-corrected chi connectivity index (χ4v) is 2.34. The molecule has 0 spiro atoms. The van der Waals surface area contributed by atoms with Gasteiger partial charge in [0.2, 0.25) is 0 Å². The normalized spacial score (nSPS) is 19.9. The Kier molecular flexibility index (Phi) is 4.18. The van der Waals surface area contributed by atoms with Crippen molar-refractivity contribution < 1.29 is 0 Å². The van der Waals surface area contributed by atoms with E-state index in [0.29, 0.717) is 0 Å². The van der Waals surface area contributed by atoms with Gasteiger partial charge in [-0.15, -0.1) is 0 Å². The Labute approximate surface area is 89.2 Å². The summed E-state index contributed by atoms with van der Waals surface area (Å²) in [6, 6.07) is 0. The quantitative estimate of drug-likeness (QED) is 0.624. The van der Waals surface area contributed by atoms with Gasteiger partial charge in [0, 0.05) is 13.1 Å². The Morgan fingerprint density at radius 1 is 1.07 bits per heavy atom. The molecule has 0 saturated heterocycles. The lowest BCUT2D eigenvalue weighted by Crippen LogP contribution is -2.33. The molecule has 0 aromatic heterocycles. The van der Waals surface area contributed by atoms with E-state index in [2.05, 4.69) is 39.5 Å². The second kappa shape index (κ2) is 4.97. The molecule has 0 aliphatic carbocycles. The van der Waals surface area contributed by atoms with Crippen LogP contribution in [0.4, 0.5) is 0 Å². The maximum Gasteiger partial charge on any atom is 0.0198 e. The molecule has 0 aromatic rings. The Morgan fingerprint density at radius 2 is 1.64 bits per heavy atom. The molecule has 0 bridgehead atoms. The first-order valence-electron chi connectivity index (χ1n) is 6.00. The van der Waals surface area contributed by atoms with Crippen LogP contribution >= 0.6 is 0 Å². The average Bonchev–Trinajstić information content (AvgIpc) is 2.16. The monoisotopic (exact) mass is 195 g/mol. The van der Waals surface area contributed by atoms with Crippen LogP contribution in [-0.4, -0.2) is 24.5 Å². The van der Waals surface area contributed by atoms with Gasteiger partial charge in [-0.2, -0.15) is 0 Å². The van der Waals surface area contributed by atoms with Crippen LogP contribution in [0.2, 0.25) is 0 Å². The van der Waals surface area contributed by atoms with Gasteiger partial charge in [0.15, 0.2) is 0 Å². The zero-order valence-electron chi connectivity index (χ0n) is 10.4. The number of likely N-dealkylation sites (N-methyl/N-ethyl adjacent to an activating group) is 1. The van der Waals surface area contributed by atoms with Gasteiger partial charge < -0.3 is 0 Å². The van der Waals surface area contributed by atoms with Gasteiger partial charge in [-0.1, -0.05) is 45.8 Å². The van der Waals surface area contributed by atoms with Gasteiger partial charge in [-0.05, 0) is 24.8 Å². The van der Waals surface area contributed by atoms with Crippen molar-refractivity contribution in [1.82, 2.24) is 4.90 Å². The van der Waals surface area contributed by atoms with E-state index in [4.69, 9.17) is 0 Å². The highest BCUT2D eigenvalue weighted by molar-refractivity contribution is 5.22. The molecule has 0 fully saturated rings. The molecule has 0 unspecified atom stereocenters. The third-order valence-corrected chi connectivity index (χ3v) is 3.34. The predicted molar refractivity (Wildman–Crippen MR) is 63.4 cm³/mol. The van der Waals surface area contributed by atoms with E-state index >= 15 is 0 Å². The first-order chi connectivity index (χ1) is 6.56. The van der Waals surface area contributed by atoms with E-state index in [1.807, 2.05) is 0 Å². The highest BCUT2D eigenvalue weighted by Crippen LogP contribution is 2.28. The third kappa shape index (κ3) is 2.60. The van der Waals surface area contributed by atoms with Crippen molar-refractivity contribution in [3.63, 3.8) is 0 Å². The lowest BCUT2D eigenvalue weighted by Gasteiger charge is -2.33. The third-order valence-electron chi connectivity index (χ3n) is 3.34. The SMILES string of the molecule is CCN1CCC(C(C)C)=C(C(C)C)C1. The van der Waals surface area contributed by atoms with Crippen LogP contribution in [0.5, 0.6) is 0 Å². The Bertz CT molecular complexity index is 213. The maximum atomic E-state index is 2.56. The molecule has 1 aliphatic heterocycles. The van der Waals surface area contributed by atoms with Crippen LogP contribution in [0.25, 0.3) is 0 Å². The minimum absolute atomic E-state index is 0.724. The fourth-order valence-electron chi connectivity index (χ4n) is 2.34. The van der Waals surface area contributed by atoms with Gasteiger partial charge in [0.1, 0.15) is 0 Å². The van der Waals surface area contributed by atoms with Crippen LogP contribution in [0.15, 0.2) is 11.1 Å². The molecular formula is C13H25N. The van der Waals surface area contributed by atoms with Crippen LogP contribution in [0, 0.1) is 11.8 Å². The highest BCUT2D eigenvalue weighted by Gasteiger charge is 2.21. The van der Waals surface area contributed by atoms with E-state index in [-0.39, 0.29) is 0 Å². The van der Waals surface area contributed by atoms with Gasteiger partial charge in [0.25, 0.3) is 0 Å². The van der Waals surface area contributed by atoms with E-state index in [0.717, 1.165) is 11.8 Å². The van der Waals surface area contributed by atoms with Crippen molar-refractivity contribution >= 4 is 0 Å². The molecule has 82 valence electrons. The molecule has 0 saturated carbocycles. The smallest absolute Gasteiger partial charge is 0.0198 e. The van der Waals surface area contributed by atoms with Crippen LogP contribution in [0.1, 0.15) is 41.0 Å². The molecule has 1 heterocycles. The van der Waals surface area contributed by atoms with Gasteiger partial charge in [-0.25, -0.2) is 0 Å². The molecule has 1 heteroatoms. The first kappa shape index (κ1) is 11.8. The van der Waals surface area contributed by atoms with Gasteiger partial charge >= 0.3 is 0 Å². The van der Waals surface area contributed by atoms with Crippen LogP contribution < -0.4 is 0 Å². The van der Waals surface area contributed by atoms with Crippen molar-refractivity contribution in [1.29, 1.82) is 0 Å². The van der Waals surface area contributed by atoms with Gasteiger partial charge in [0.05, 0.1) is 0 Å². The minimum atomic E-state index is 0.724. The number of nitrogens with zero attached hydrogens (tertiary/aromatic N) is 1. The zero-order valence-corrected chi connectivity index (χ0v) is 10.4. The molecule has 0 N–H and O–H groups in total. The number of rotatable bonds is 3. The minimum Gasteiger partial charge on any atom is -0.299 e. The van der Waals surface area contributed by atoms with Crippen molar-refractivity contribution in [3.05, 3.63) is 11.1 Å². The summed E-state index contributed by atoms with van der Waals surface area (Å²) in [5.41, 5.74) is 3.43. The summed E-state index contributed by atoms with van der Waals surface area (Å²) >= 11 is 0. The summed E-state index contributed by atoms with van der Waals surface area (Å²) < 4.78 is 0. The first-order valence-corrected chi connectivity index (χ1v) is 6.00. The highest BCUT2D eigenvalue weighted by atomic mass is 15.1. The maximum absolute atomic E-state index is 2.56. The van der Waals surface area contributed by atoms with Crippen LogP contribution in [-0.2, 0) is 0 Å². The molecule has 0 aromatic carbocycles.